The van der Waals surface area contributed by atoms with E-state index in [0.717, 1.165) is 34.1 Å². The second kappa shape index (κ2) is 9.18. The van der Waals surface area contributed by atoms with Crippen molar-refractivity contribution in [2.45, 2.75) is 76.0 Å². The quantitative estimate of drug-likeness (QED) is 0.478. The monoisotopic (exact) mass is 442 g/mol. The topological polar surface area (TPSA) is 18.5 Å². The third kappa shape index (κ3) is 3.80. The Hall–Kier alpha value is -1.10. The van der Waals surface area contributed by atoms with Gasteiger partial charge in [0.1, 0.15) is 11.5 Å². The van der Waals surface area contributed by atoms with Gasteiger partial charge in [0.2, 0.25) is 0 Å². The van der Waals surface area contributed by atoms with Gasteiger partial charge in [0.05, 0.1) is 14.2 Å². The average molecular weight is 443 g/mol. The molecule has 4 unspecified atom stereocenters. The van der Waals surface area contributed by atoms with E-state index in [-0.39, 0.29) is 15.8 Å². The number of hydrogen-bond acceptors (Lipinski definition) is 2. The molecule has 2 aromatic carbocycles. The first-order chi connectivity index (χ1) is 14.5. The molecule has 30 heavy (non-hydrogen) atoms. The Balaban J connectivity index is 2.03. The summed E-state index contributed by atoms with van der Waals surface area (Å²) in [6, 6.07) is 13.2. The van der Waals surface area contributed by atoms with Gasteiger partial charge in [-0.15, -0.1) is 0 Å². The van der Waals surface area contributed by atoms with Gasteiger partial charge in [0.15, 0.2) is 0 Å². The number of rotatable bonds is 5. The van der Waals surface area contributed by atoms with Crippen molar-refractivity contribution in [1.82, 2.24) is 0 Å². The molecule has 0 amide bonds. The van der Waals surface area contributed by atoms with Gasteiger partial charge in [0, 0.05) is 11.1 Å². The van der Waals surface area contributed by atoms with E-state index in [0.29, 0.717) is 0 Å². The molecule has 0 bridgehead atoms. The molecule has 0 aliphatic carbocycles. The van der Waals surface area contributed by atoms with Crippen molar-refractivity contribution in [2.24, 2.45) is 0 Å². The summed E-state index contributed by atoms with van der Waals surface area (Å²) in [5, 5.41) is 3.30. The number of benzene rings is 2. The molecule has 4 atom stereocenters. The second-order valence-corrected chi connectivity index (χ2v) is 15.2. The minimum absolute atomic E-state index is 0.156. The first-order valence-electron chi connectivity index (χ1n) is 11.4. The summed E-state index contributed by atoms with van der Waals surface area (Å²) in [7, 11) is 3.21. The van der Waals surface area contributed by atoms with Crippen molar-refractivity contribution >= 4 is 26.5 Å². The van der Waals surface area contributed by atoms with Crippen LogP contribution < -0.4 is 20.1 Å². The smallest absolute Gasteiger partial charge is 0.127 e. The summed E-state index contributed by atoms with van der Waals surface area (Å²) in [6.07, 6.45) is 5.42. The van der Waals surface area contributed by atoms with Crippen molar-refractivity contribution < 1.29 is 9.47 Å². The van der Waals surface area contributed by atoms with Crippen LogP contribution in [0.1, 0.15) is 53.4 Å². The average Bonchev–Trinajstić information content (AvgIpc) is 3.27. The zero-order valence-electron chi connectivity index (χ0n) is 19.3. The Morgan fingerprint density at radius 1 is 0.667 bits per heavy atom. The minimum atomic E-state index is -0.241. The highest BCUT2D eigenvalue weighted by Crippen LogP contribution is 2.61. The van der Waals surface area contributed by atoms with Crippen molar-refractivity contribution in [2.75, 3.05) is 14.2 Å². The van der Waals surface area contributed by atoms with Gasteiger partial charge in [-0.2, -0.15) is 0 Å². The normalized spacial score (nSPS) is 31.1. The maximum absolute atomic E-state index is 6.00. The van der Waals surface area contributed by atoms with Crippen LogP contribution in [-0.2, 0) is 0 Å². The third-order valence-electron chi connectivity index (χ3n) is 7.15. The van der Waals surface area contributed by atoms with Crippen LogP contribution in [0.2, 0.25) is 0 Å². The van der Waals surface area contributed by atoms with E-state index < -0.39 is 0 Å². The fourth-order valence-electron chi connectivity index (χ4n) is 5.62. The molecule has 4 heteroatoms. The van der Waals surface area contributed by atoms with E-state index in [1.807, 2.05) is 7.11 Å². The lowest BCUT2D eigenvalue weighted by molar-refractivity contribution is 0.410. The summed E-state index contributed by atoms with van der Waals surface area (Å²) < 4.78 is 11.8. The zero-order valence-corrected chi connectivity index (χ0v) is 21.1. The zero-order chi connectivity index (χ0) is 21.4. The molecule has 2 saturated heterocycles. The van der Waals surface area contributed by atoms with Crippen LogP contribution in [0.5, 0.6) is 11.5 Å². The van der Waals surface area contributed by atoms with Crippen LogP contribution in [0.25, 0.3) is 11.1 Å². The van der Waals surface area contributed by atoms with E-state index in [1.54, 1.807) is 17.7 Å². The first kappa shape index (κ1) is 22.1. The summed E-state index contributed by atoms with van der Waals surface area (Å²) >= 11 is 0. The van der Waals surface area contributed by atoms with Crippen molar-refractivity contribution in [3.63, 3.8) is 0 Å². The Morgan fingerprint density at radius 2 is 1.20 bits per heavy atom. The SMILES string of the molecule is COc1ccccc1-c1c(OC)ccc(P2C(C)CCC2C)c1P1C(C)CCC1C. The van der Waals surface area contributed by atoms with Crippen molar-refractivity contribution in [1.29, 1.82) is 0 Å². The second-order valence-electron chi connectivity index (χ2n) is 9.08. The van der Waals surface area contributed by atoms with Gasteiger partial charge < -0.3 is 9.47 Å². The molecule has 0 N–H and O–H groups in total. The predicted octanol–water partition coefficient (Wildman–Crippen LogP) is 6.73. The van der Waals surface area contributed by atoms with Gasteiger partial charge >= 0.3 is 0 Å². The van der Waals surface area contributed by atoms with E-state index in [4.69, 9.17) is 9.47 Å². The van der Waals surface area contributed by atoms with Crippen LogP contribution in [0.4, 0.5) is 0 Å². The number of hydrogen-bond donors (Lipinski definition) is 0. The molecule has 0 aromatic heterocycles. The van der Waals surface area contributed by atoms with E-state index in [1.165, 1.54) is 36.8 Å². The van der Waals surface area contributed by atoms with Crippen molar-refractivity contribution in [3.05, 3.63) is 36.4 Å². The predicted molar refractivity (Wildman–Crippen MR) is 134 cm³/mol. The van der Waals surface area contributed by atoms with Gasteiger partial charge in [-0.05, 0) is 71.1 Å². The van der Waals surface area contributed by atoms with Gasteiger partial charge in [-0.1, -0.05) is 67.8 Å². The lowest BCUT2D eigenvalue weighted by Gasteiger charge is -2.33. The fraction of sp³-hybridized carbons (Fsp3) is 0.538. The fourth-order valence-corrected chi connectivity index (χ4v) is 13.0. The minimum Gasteiger partial charge on any atom is -0.496 e. The largest absolute Gasteiger partial charge is 0.496 e. The lowest BCUT2D eigenvalue weighted by atomic mass is 10.0. The summed E-state index contributed by atoms with van der Waals surface area (Å²) in [6.45, 7) is 9.94. The number of ether oxygens (including phenoxy) is 2. The van der Waals surface area contributed by atoms with Gasteiger partial charge in [-0.25, -0.2) is 0 Å². The molecule has 2 aliphatic heterocycles. The molecule has 0 saturated carbocycles. The first-order valence-corrected chi connectivity index (χ1v) is 14.3. The maximum Gasteiger partial charge on any atom is 0.127 e. The summed E-state index contributed by atoms with van der Waals surface area (Å²) in [5.74, 6) is 1.95. The highest BCUT2D eigenvalue weighted by molar-refractivity contribution is 7.73. The molecule has 2 nitrogen and oxygen atoms in total. The third-order valence-corrected chi connectivity index (χ3v) is 14.1. The van der Waals surface area contributed by atoms with Crippen LogP contribution in [0, 0.1) is 0 Å². The van der Waals surface area contributed by atoms with Crippen LogP contribution in [0.15, 0.2) is 36.4 Å². The summed E-state index contributed by atoms with van der Waals surface area (Å²) in [5.41, 5.74) is 5.63. The number of para-hydroxylation sites is 1. The molecular weight excluding hydrogens is 406 g/mol. The summed E-state index contributed by atoms with van der Waals surface area (Å²) in [4.78, 5) is 0. The Bertz CT molecular complexity index is 877. The highest BCUT2D eigenvalue weighted by Gasteiger charge is 2.40. The van der Waals surface area contributed by atoms with Crippen molar-refractivity contribution in [3.8, 4) is 22.6 Å². The molecule has 0 radical (unpaired) electrons. The molecule has 2 heterocycles. The van der Waals surface area contributed by atoms with Gasteiger partial charge in [0.25, 0.3) is 0 Å². The molecule has 2 fully saturated rings. The lowest BCUT2D eigenvalue weighted by Crippen LogP contribution is -2.31. The van der Waals surface area contributed by atoms with E-state index in [2.05, 4.69) is 64.1 Å². The molecule has 0 spiro atoms. The van der Waals surface area contributed by atoms with E-state index >= 15 is 0 Å². The Labute approximate surface area is 185 Å². The van der Waals surface area contributed by atoms with Gasteiger partial charge in [-0.3, -0.25) is 0 Å². The standard InChI is InChI=1S/C26H36O2P2/c1-17-11-12-18(2)29(17)24-16-15-23(28-6)25(21-9-7-8-10-22(21)27-5)26(24)30-19(3)13-14-20(30)4/h7-10,15-20H,11-14H2,1-6H3. The van der Waals surface area contributed by atoms with Crippen LogP contribution in [-0.4, -0.2) is 36.9 Å². The molecular formula is C26H36O2P2. The number of methoxy groups -OCH3 is 2. The molecule has 4 rings (SSSR count). The molecule has 2 aliphatic rings. The van der Waals surface area contributed by atoms with E-state index in [9.17, 15) is 0 Å². The molecule has 162 valence electrons. The van der Waals surface area contributed by atoms with Crippen LogP contribution in [0.3, 0.4) is 0 Å². The Kier molecular flexibility index (Phi) is 6.76. The maximum atomic E-state index is 6.00. The van der Waals surface area contributed by atoms with Crippen LogP contribution >= 0.6 is 15.8 Å². The Morgan fingerprint density at radius 3 is 1.77 bits per heavy atom. The highest BCUT2D eigenvalue weighted by atomic mass is 31.1. The molecule has 2 aromatic rings.